The fraction of sp³-hybridized carbons (Fsp3) is 0.870. The van der Waals surface area contributed by atoms with Crippen molar-refractivity contribution in [2.75, 3.05) is 0 Å². The first-order chi connectivity index (χ1) is 12.3. The number of carboxylic acids is 1. The lowest BCUT2D eigenvalue weighted by atomic mass is 10.0. The average Bonchev–Trinajstić information content (AvgIpc) is 2.60. The van der Waals surface area contributed by atoms with Crippen LogP contribution in [0.15, 0.2) is 12.2 Å². The molecular formula is C23H44O2. The molecule has 0 heterocycles. The van der Waals surface area contributed by atoms with Crippen LogP contribution in [0.5, 0.6) is 0 Å². The van der Waals surface area contributed by atoms with Gasteiger partial charge >= 0.3 is 5.97 Å². The van der Waals surface area contributed by atoms with E-state index in [9.17, 15) is 4.79 Å². The minimum Gasteiger partial charge on any atom is -0.481 e. The Labute approximate surface area is 157 Å². The van der Waals surface area contributed by atoms with Gasteiger partial charge in [0.05, 0.1) is 0 Å². The van der Waals surface area contributed by atoms with Gasteiger partial charge < -0.3 is 5.11 Å². The van der Waals surface area contributed by atoms with Crippen LogP contribution in [0.2, 0.25) is 0 Å². The van der Waals surface area contributed by atoms with Crippen LogP contribution in [-0.2, 0) is 4.79 Å². The van der Waals surface area contributed by atoms with Crippen molar-refractivity contribution in [2.45, 2.75) is 129 Å². The van der Waals surface area contributed by atoms with Gasteiger partial charge in [-0.2, -0.15) is 0 Å². The monoisotopic (exact) mass is 352 g/mol. The number of aliphatic carboxylic acids is 1. The Morgan fingerprint density at radius 1 is 0.600 bits per heavy atom. The van der Waals surface area contributed by atoms with Crippen LogP contribution >= 0.6 is 0 Å². The molecule has 0 radical (unpaired) electrons. The van der Waals surface area contributed by atoms with Gasteiger partial charge in [0.1, 0.15) is 0 Å². The fourth-order valence-electron chi connectivity index (χ4n) is 3.23. The largest absolute Gasteiger partial charge is 0.481 e. The molecule has 0 unspecified atom stereocenters. The van der Waals surface area contributed by atoms with Crippen molar-refractivity contribution in [3.8, 4) is 0 Å². The molecule has 0 saturated carbocycles. The van der Waals surface area contributed by atoms with Crippen molar-refractivity contribution in [2.24, 2.45) is 0 Å². The Bertz CT molecular complexity index is 296. The third-order valence-electron chi connectivity index (χ3n) is 4.90. The SMILES string of the molecule is CCCCCC/C=C\CCCCCCCCCCCCCCC(=O)O. The van der Waals surface area contributed by atoms with Crippen LogP contribution in [0.3, 0.4) is 0 Å². The number of carbonyl (C=O) groups is 1. The predicted molar refractivity (Wildman–Crippen MR) is 110 cm³/mol. The molecule has 0 aromatic heterocycles. The molecule has 0 aromatic rings. The third-order valence-corrected chi connectivity index (χ3v) is 4.90. The Balaban J connectivity index is 3.05. The van der Waals surface area contributed by atoms with Gasteiger partial charge in [0, 0.05) is 6.42 Å². The molecule has 0 aromatic carbocycles. The summed E-state index contributed by atoms with van der Waals surface area (Å²) in [6.45, 7) is 2.27. The molecule has 0 rings (SSSR count). The minimum absolute atomic E-state index is 0.342. The molecule has 2 nitrogen and oxygen atoms in total. The summed E-state index contributed by atoms with van der Waals surface area (Å²) in [6.07, 6.45) is 28.6. The highest BCUT2D eigenvalue weighted by Crippen LogP contribution is 2.13. The van der Waals surface area contributed by atoms with Gasteiger partial charge in [-0.15, -0.1) is 0 Å². The number of hydrogen-bond acceptors (Lipinski definition) is 1. The van der Waals surface area contributed by atoms with Crippen LogP contribution in [0.25, 0.3) is 0 Å². The summed E-state index contributed by atoms with van der Waals surface area (Å²) in [6, 6.07) is 0. The number of carboxylic acid groups (broad SMARTS) is 1. The van der Waals surface area contributed by atoms with E-state index in [2.05, 4.69) is 19.1 Å². The zero-order valence-corrected chi connectivity index (χ0v) is 16.9. The average molecular weight is 353 g/mol. The normalized spacial score (nSPS) is 11.4. The van der Waals surface area contributed by atoms with E-state index in [1.807, 2.05) is 0 Å². The van der Waals surface area contributed by atoms with E-state index in [0.717, 1.165) is 12.8 Å². The van der Waals surface area contributed by atoms with Gasteiger partial charge in [0.15, 0.2) is 0 Å². The summed E-state index contributed by atoms with van der Waals surface area (Å²) in [7, 11) is 0. The number of hydrogen-bond donors (Lipinski definition) is 1. The molecule has 1 N–H and O–H groups in total. The van der Waals surface area contributed by atoms with Crippen LogP contribution in [-0.4, -0.2) is 11.1 Å². The molecular weight excluding hydrogens is 308 g/mol. The van der Waals surface area contributed by atoms with Gasteiger partial charge in [-0.1, -0.05) is 103 Å². The fourth-order valence-corrected chi connectivity index (χ4v) is 3.23. The first kappa shape index (κ1) is 24.2. The zero-order chi connectivity index (χ0) is 18.4. The van der Waals surface area contributed by atoms with Crippen molar-refractivity contribution < 1.29 is 9.90 Å². The van der Waals surface area contributed by atoms with Crippen LogP contribution < -0.4 is 0 Å². The van der Waals surface area contributed by atoms with Gasteiger partial charge in [-0.25, -0.2) is 0 Å². The molecule has 0 bridgehead atoms. The van der Waals surface area contributed by atoms with Crippen LogP contribution in [0, 0.1) is 0 Å². The smallest absolute Gasteiger partial charge is 0.303 e. The molecule has 0 aliphatic rings. The molecule has 25 heavy (non-hydrogen) atoms. The first-order valence-electron chi connectivity index (χ1n) is 11.1. The topological polar surface area (TPSA) is 37.3 Å². The Kier molecular flexibility index (Phi) is 20.6. The number of rotatable bonds is 20. The van der Waals surface area contributed by atoms with Crippen molar-refractivity contribution in [1.82, 2.24) is 0 Å². The van der Waals surface area contributed by atoms with E-state index >= 15 is 0 Å². The second-order valence-corrected chi connectivity index (χ2v) is 7.50. The highest BCUT2D eigenvalue weighted by Gasteiger charge is 1.97. The summed E-state index contributed by atoms with van der Waals surface area (Å²) in [5, 5.41) is 8.56. The number of allylic oxidation sites excluding steroid dienone is 2. The quantitative estimate of drug-likeness (QED) is 0.178. The minimum atomic E-state index is -0.654. The lowest BCUT2D eigenvalue weighted by Crippen LogP contribution is -1.93. The highest BCUT2D eigenvalue weighted by atomic mass is 16.4. The lowest BCUT2D eigenvalue weighted by molar-refractivity contribution is -0.137. The lowest BCUT2D eigenvalue weighted by Gasteiger charge is -2.02. The highest BCUT2D eigenvalue weighted by molar-refractivity contribution is 5.66. The Morgan fingerprint density at radius 2 is 0.960 bits per heavy atom. The summed E-state index contributed by atoms with van der Waals surface area (Å²) >= 11 is 0. The van der Waals surface area contributed by atoms with Crippen molar-refractivity contribution >= 4 is 5.97 Å². The third kappa shape index (κ3) is 23.2. The van der Waals surface area contributed by atoms with Crippen molar-refractivity contribution in [3.05, 3.63) is 12.2 Å². The summed E-state index contributed by atoms with van der Waals surface area (Å²) < 4.78 is 0. The molecule has 2 heteroatoms. The maximum absolute atomic E-state index is 10.4. The predicted octanol–water partition coefficient (Wildman–Crippen LogP) is 8.06. The standard InChI is InChI=1S/C23H44O2/c1-2-3-4-5-6-7-8-9-10-11-12-13-14-15-16-17-18-19-20-21-22-23(24)25/h7-8H,2-6,9-22H2,1H3,(H,24,25)/b8-7-. The summed E-state index contributed by atoms with van der Waals surface area (Å²) in [5.41, 5.74) is 0. The van der Waals surface area contributed by atoms with E-state index in [4.69, 9.17) is 5.11 Å². The van der Waals surface area contributed by atoms with E-state index in [-0.39, 0.29) is 0 Å². The summed E-state index contributed by atoms with van der Waals surface area (Å²) in [4.78, 5) is 10.4. The molecule has 0 aliphatic carbocycles. The first-order valence-corrected chi connectivity index (χ1v) is 11.1. The Hall–Kier alpha value is -0.790. The van der Waals surface area contributed by atoms with Crippen molar-refractivity contribution in [3.63, 3.8) is 0 Å². The van der Waals surface area contributed by atoms with Crippen molar-refractivity contribution in [1.29, 1.82) is 0 Å². The van der Waals surface area contributed by atoms with Gasteiger partial charge in [0.25, 0.3) is 0 Å². The summed E-state index contributed by atoms with van der Waals surface area (Å²) in [5.74, 6) is -0.654. The number of unbranched alkanes of at least 4 members (excludes halogenated alkanes) is 16. The molecule has 0 atom stereocenters. The van der Waals surface area contributed by atoms with Crippen LogP contribution in [0.4, 0.5) is 0 Å². The van der Waals surface area contributed by atoms with Gasteiger partial charge in [-0.05, 0) is 32.1 Å². The molecule has 0 saturated heterocycles. The van der Waals surface area contributed by atoms with Crippen LogP contribution in [0.1, 0.15) is 129 Å². The molecule has 0 aliphatic heterocycles. The van der Waals surface area contributed by atoms with E-state index < -0.39 is 5.97 Å². The second-order valence-electron chi connectivity index (χ2n) is 7.50. The van der Waals surface area contributed by atoms with E-state index in [1.54, 1.807) is 0 Å². The Morgan fingerprint density at radius 3 is 1.36 bits per heavy atom. The second kappa shape index (κ2) is 21.3. The maximum Gasteiger partial charge on any atom is 0.303 e. The maximum atomic E-state index is 10.4. The molecule has 0 amide bonds. The zero-order valence-electron chi connectivity index (χ0n) is 16.9. The molecule has 0 spiro atoms. The van der Waals surface area contributed by atoms with E-state index in [1.165, 1.54) is 103 Å². The van der Waals surface area contributed by atoms with Gasteiger partial charge in [-0.3, -0.25) is 4.79 Å². The molecule has 148 valence electrons. The molecule has 0 fully saturated rings. The van der Waals surface area contributed by atoms with Gasteiger partial charge in [0.2, 0.25) is 0 Å². The van der Waals surface area contributed by atoms with E-state index in [0.29, 0.717) is 6.42 Å².